The van der Waals surface area contributed by atoms with Crippen LogP contribution in [0.4, 0.5) is 11.4 Å². The molecule has 2 amide bonds. The maximum Gasteiger partial charge on any atom is 0.261 e. The summed E-state index contributed by atoms with van der Waals surface area (Å²) in [5.74, 6) is -0.528. The minimum absolute atomic E-state index is 0.226. The Hall–Kier alpha value is -3.47. The predicted octanol–water partition coefficient (Wildman–Crippen LogP) is 3.65. The van der Waals surface area contributed by atoms with Gasteiger partial charge in [-0.2, -0.15) is 0 Å². The minimum atomic E-state index is -0.267. The van der Waals surface area contributed by atoms with E-state index in [0.29, 0.717) is 11.1 Å². The van der Waals surface area contributed by atoms with Gasteiger partial charge in [-0.15, -0.1) is 0 Å². The number of para-hydroxylation sites is 1. The van der Waals surface area contributed by atoms with E-state index in [1.807, 2.05) is 54.4 Å². The number of carbonyl (C=O) groups is 2. The molecular weight excluding hydrogens is 326 g/mol. The normalized spacial score (nSPS) is 13.0. The number of pyridine rings is 1. The van der Waals surface area contributed by atoms with Crippen molar-refractivity contribution in [2.45, 2.75) is 6.54 Å². The predicted molar refractivity (Wildman–Crippen MR) is 99.4 cm³/mol. The van der Waals surface area contributed by atoms with E-state index in [9.17, 15) is 9.59 Å². The molecule has 0 fully saturated rings. The molecule has 26 heavy (non-hydrogen) atoms. The lowest BCUT2D eigenvalue weighted by Crippen LogP contribution is -2.29. The number of amides is 2. The third-order valence-corrected chi connectivity index (χ3v) is 4.55. The van der Waals surface area contributed by atoms with Crippen molar-refractivity contribution < 1.29 is 9.59 Å². The number of rotatable bonds is 4. The molecule has 0 atom stereocenters. The number of carbonyl (C=O) groups excluding carboxylic acids is 2. The highest BCUT2D eigenvalue weighted by Gasteiger charge is 2.35. The fourth-order valence-corrected chi connectivity index (χ4v) is 3.11. The molecule has 3 aromatic rings. The van der Waals surface area contributed by atoms with Crippen LogP contribution in [-0.4, -0.2) is 28.7 Å². The van der Waals surface area contributed by atoms with Gasteiger partial charge in [-0.05, 0) is 42.0 Å². The van der Waals surface area contributed by atoms with Crippen LogP contribution in [-0.2, 0) is 6.54 Å². The summed E-state index contributed by atoms with van der Waals surface area (Å²) in [5.41, 5.74) is 3.59. The molecule has 0 saturated carbocycles. The molecule has 0 spiro atoms. The van der Waals surface area contributed by atoms with Gasteiger partial charge in [0.2, 0.25) is 0 Å². The molecule has 0 saturated heterocycles. The number of imide groups is 1. The van der Waals surface area contributed by atoms with Crippen molar-refractivity contribution in [2.24, 2.45) is 0 Å². The van der Waals surface area contributed by atoms with E-state index in [4.69, 9.17) is 0 Å². The Morgan fingerprint density at radius 3 is 2.38 bits per heavy atom. The van der Waals surface area contributed by atoms with Crippen LogP contribution in [0.2, 0.25) is 0 Å². The Labute approximate surface area is 151 Å². The monoisotopic (exact) mass is 343 g/mol. The summed E-state index contributed by atoms with van der Waals surface area (Å²) >= 11 is 0. The molecule has 128 valence electrons. The van der Waals surface area contributed by atoms with Gasteiger partial charge in [0.25, 0.3) is 11.8 Å². The second-order valence-electron chi connectivity index (χ2n) is 6.18. The van der Waals surface area contributed by atoms with Gasteiger partial charge in [0.15, 0.2) is 0 Å². The van der Waals surface area contributed by atoms with Crippen LogP contribution in [0.25, 0.3) is 0 Å². The van der Waals surface area contributed by atoms with Crippen molar-refractivity contribution >= 4 is 23.2 Å². The summed E-state index contributed by atoms with van der Waals surface area (Å²) in [7, 11) is 1.94. The number of nitrogens with zero attached hydrogens (tertiary/aromatic N) is 3. The highest BCUT2D eigenvalue weighted by molar-refractivity contribution is 6.21. The van der Waals surface area contributed by atoms with Crippen molar-refractivity contribution in [1.29, 1.82) is 0 Å². The SMILES string of the molecule is CN(c1ccccc1)c1ccc2c(c1)C(=O)N(Cc1cccnc1)C2=O. The Bertz CT molecular complexity index is 971. The van der Waals surface area contributed by atoms with Crippen molar-refractivity contribution in [1.82, 2.24) is 9.88 Å². The molecule has 1 aliphatic heterocycles. The first kappa shape index (κ1) is 16.0. The summed E-state index contributed by atoms with van der Waals surface area (Å²) in [6.07, 6.45) is 3.33. The van der Waals surface area contributed by atoms with Crippen LogP contribution in [0.1, 0.15) is 26.3 Å². The van der Waals surface area contributed by atoms with Crippen LogP contribution < -0.4 is 4.90 Å². The molecule has 5 nitrogen and oxygen atoms in total. The number of hydrogen-bond acceptors (Lipinski definition) is 4. The largest absolute Gasteiger partial charge is 0.345 e. The Kier molecular flexibility index (Phi) is 3.97. The molecule has 2 heterocycles. The van der Waals surface area contributed by atoms with Crippen LogP contribution in [0, 0.1) is 0 Å². The molecule has 4 rings (SSSR count). The van der Waals surface area contributed by atoms with Gasteiger partial charge in [0.1, 0.15) is 0 Å². The molecule has 0 aliphatic carbocycles. The summed E-state index contributed by atoms with van der Waals surface area (Å²) in [4.78, 5) is 32.7. The van der Waals surface area contributed by atoms with Crippen LogP contribution in [0.5, 0.6) is 0 Å². The zero-order valence-corrected chi connectivity index (χ0v) is 14.3. The molecule has 0 unspecified atom stereocenters. The third-order valence-electron chi connectivity index (χ3n) is 4.55. The van der Waals surface area contributed by atoms with E-state index >= 15 is 0 Å². The van der Waals surface area contributed by atoms with Gasteiger partial charge >= 0.3 is 0 Å². The maximum atomic E-state index is 12.8. The molecule has 2 aromatic carbocycles. The Morgan fingerprint density at radius 1 is 0.885 bits per heavy atom. The minimum Gasteiger partial charge on any atom is -0.345 e. The standard InChI is InChI=1S/C21H17N3O2/c1-23(16-7-3-2-4-8-16)17-9-10-18-19(12-17)21(26)24(20(18)25)14-15-6-5-11-22-13-15/h2-13H,14H2,1H3. The molecular formula is C21H17N3O2. The highest BCUT2D eigenvalue weighted by atomic mass is 16.2. The zero-order chi connectivity index (χ0) is 18.1. The smallest absolute Gasteiger partial charge is 0.261 e. The van der Waals surface area contributed by atoms with E-state index in [0.717, 1.165) is 16.9 Å². The summed E-state index contributed by atoms with van der Waals surface area (Å²) in [6, 6.07) is 18.9. The van der Waals surface area contributed by atoms with Crippen molar-refractivity contribution in [3.05, 3.63) is 89.7 Å². The first-order valence-corrected chi connectivity index (χ1v) is 8.33. The average Bonchev–Trinajstić information content (AvgIpc) is 2.93. The Balaban J connectivity index is 1.64. The van der Waals surface area contributed by atoms with E-state index in [1.54, 1.807) is 30.6 Å². The number of hydrogen-bond donors (Lipinski definition) is 0. The van der Waals surface area contributed by atoms with E-state index in [-0.39, 0.29) is 18.4 Å². The van der Waals surface area contributed by atoms with Gasteiger partial charge in [-0.25, -0.2) is 0 Å². The van der Waals surface area contributed by atoms with E-state index in [2.05, 4.69) is 4.98 Å². The first-order valence-electron chi connectivity index (χ1n) is 8.33. The van der Waals surface area contributed by atoms with Crippen molar-refractivity contribution in [2.75, 3.05) is 11.9 Å². The van der Waals surface area contributed by atoms with Gasteiger partial charge in [0, 0.05) is 30.8 Å². The molecule has 0 radical (unpaired) electrons. The molecule has 1 aromatic heterocycles. The second kappa shape index (κ2) is 6.44. The van der Waals surface area contributed by atoms with Crippen LogP contribution >= 0.6 is 0 Å². The summed E-state index contributed by atoms with van der Waals surface area (Å²) in [6.45, 7) is 0.226. The number of fused-ring (bicyclic) bond motifs is 1. The summed E-state index contributed by atoms with van der Waals surface area (Å²) in [5, 5.41) is 0. The van der Waals surface area contributed by atoms with Crippen molar-refractivity contribution in [3.63, 3.8) is 0 Å². The van der Waals surface area contributed by atoms with E-state index in [1.165, 1.54) is 4.90 Å². The lowest BCUT2D eigenvalue weighted by molar-refractivity contribution is 0.0642. The summed E-state index contributed by atoms with van der Waals surface area (Å²) < 4.78 is 0. The Morgan fingerprint density at radius 2 is 1.65 bits per heavy atom. The first-order chi connectivity index (χ1) is 12.6. The molecule has 0 bridgehead atoms. The van der Waals surface area contributed by atoms with Crippen LogP contribution in [0.15, 0.2) is 73.1 Å². The number of anilines is 2. The zero-order valence-electron chi connectivity index (χ0n) is 14.3. The quantitative estimate of drug-likeness (QED) is 0.679. The fraction of sp³-hybridized carbons (Fsp3) is 0.0952. The molecule has 0 N–H and O–H groups in total. The second-order valence-corrected chi connectivity index (χ2v) is 6.18. The number of benzene rings is 2. The van der Waals surface area contributed by atoms with Gasteiger partial charge in [0.05, 0.1) is 17.7 Å². The van der Waals surface area contributed by atoms with Gasteiger partial charge in [-0.1, -0.05) is 24.3 Å². The number of aromatic nitrogens is 1. The maximum absolute atomic E-state index is 12.8. The highest BCUT2D eigenvalue weighted by Crippen LogP contribution is 2.30. The van der Waals surface area contributed by atoms with Crippen molar-refractivity contribution in [3.8, 4) is 0 Å². The average molecular weight is 343 g/mol. The lowest BCUT2D eigenvalue weighted by atomic mass is 10.1. The molecule has 5 heteroatoms. The van der Waals surface area contributed by atoms with E-state index < -0.39 is 0 Å². The third kappa shape index (κ3) is 2.73. The topological polar surface area (TPSA) is 53.5 Å². The molecule has 1 aliphatic rings. The van der Waals surface area contributed by atoms with Crippen LogP contribution in [0.3, 0.4) is 0 Å². The fourth-order valence-electron chi connectivity index (χ4n) is 3.11. The van der Waals surface area contributed by atoms with Gasteiger partial charge in [-0.3, -0.25) is 19.5 Å². The van der Waals surface area contributed by atoms with Gasteiger partial charge < -0.3 is 4.90 Å². The lowest BCUT2D eigenvalue weighted by Gasteiger charge is -2.19.